The number of aromatic nitrogens is 3. The first-order valence-electron chi connectivity index (χ1n) is 4.98. The predicted octanol–water partition coefficient (Wildman–Crippen LogP) is 1.79. The van der Waals surface area contributed by atoms with E-state index in [4.69, 9.17) is 16.3 Å². The Hall–Kier alpha value is -2.21. The normalized spacial score (nSPS) is 9.89. The third-order valence-electron chi connectivity index (χ3n) is 2.07. The molecule has 0 bridgehead atoms. The highest BCUT2D eigenvalue weighted by Gasteiger charge is 2.11. The summed E-state index contributed by atoms with van der Waals surface area (Å²) >= 11 is 5.59. The molecule has 92 valence electrons. The van der Waals surface area contributed by atoms with Gasteiger partial charge in [-0.25, -0.2) is 15.0 Å². The second-order valence-corrected chi connectivity index (χ2v) is 3.63. The number of amides is 1. The van der Waals surface area contributed by atoms with E-state index in [1.807, 2.05) is 0 Å². The number of nitrogens with one attached hydrogen (secondary N) is 1. The van der Waals surface area contributed by atoms with Crippen molar-refractivity contribution >= 4 is 23.2 Å². The minimum Gasteiger partial charge on any atom is -0.480 e. The van der Waals surface area contributed by atoms with E-state index in [1.54, 1.807) is 18.3 Å². The number of ether oxygens (including phenoxy) is 1. The van der Waals surface area contributed by atoms with Crippen molar-refractivity contribution in [3.05, 3.63) is 41.6 Å². The second-order valence-electron chi connectivity index (χ2n) is 3.24. The summed E-state index contributed by atoms with van der Waals surface area (Å²) in [6.07, 6.45) is 4.16. The molecule has 2 rings (SSSR count). The number of hydrogen-bond donors (Lipinski definition) is 1. The Bertz CT molecular complexity index is 559. The van der Waals surface area contributed by atoms with Gasteiger partial charge in [-0.2, -0.15) is 0 Å². The molecule has 2 aromatic rings. The summed E-state index contributed by atoms with van der Waals surface area (Å²) in [5.41, 5.74) is 0.618. The lowest BCUT2D eigenvalue weighted by atomic mass is 10.3. The van der Waals surface area contributed by atoms with Gasteiger partial charge in [0.2, 0.25) is 5.88 Å². The van der Waals surface area contributed by atoms with E-state index in [9.17, 15) is 4.79 Å². The Labute approximate surface area is 108 Å². The summed E-state index contributed by atoms with van der Waals surface area (Å²) in [7, 11) is 1.47. The maximum Gasteiger partial charge on any atom is 0.276 e. The van der Waals surface area contributed by atoms with E-state index >= 15 is 0 Å². The van der Waals surface area contributed by atoms with Crippen LogP contribution in [0.2, 0.25) is 5.15 Å². The fourth-order valence-electron chi connectivity index (χ4n) is 1.26. The molecule has 1 amide bonds. The molecule has 2 aromatic heterocycles. The largest absolute Gasteiger partial charge is 0.480 e. The molecule has 0 fully saturated rings. The quantitative estimate of drug-likeness (QED) is 0.914. The Morgan fingerprint density at radius 1 is 1.33 bits per heavy atom. The summed E-state index contributed by atoms with van der Waals surface area (Å²) in [4.78, 5) is 23.5. The second kappa shape index (κ2) is 5.42. The predicted molar refractivity (Wildman–Crippen MR) is 65.8 cm³/mol. The van der Waals surface area contributed by atoms with Crippen LogP contribution >= 0.6 is 11.6 Å². The number of pyridine rings is 1. The van der Waals surface area contributed by atoms with Gasteiger partial charge in [-0.3, -0.25) is 4.79 Å². The summed E-state index contributed by atoms with van der Waals surface area (Å²) in [5.74, 6) is -0.0850. The van der Waals surface area contributed by atoms with E-state index in [-0.39, 0.29) is 10.8 Å². The van der Waals surface area contributed by atoms with Crippen LogP contribution in [-0.4, -0.2) is 28.0 Å². The molecule has 2 heterocycles. The van der Waals surface area contributed by atoms with Crippen LogP contribution in [0.15, 0.2) is 30.7 Å². The molecule has 0 spiro atoms. The highest BCUT2D eigenvalue weighted by molar-refractivity contribution is 6.29. The van der Waals surface area contributed by atoms with Crippen molar-refractivity contribution < 1.29 is 9.53 Å². The monoisotopic (exact) mass is 264 g/mol. The van der Waals surface area contributed by atoms with Crippen LogP contribution in [0.3, 0.4) is 0 Å². The Kier molecular flexibility index (Phi) is 3.69. The molecular formula is C11H9ClN4O2. The number of halogens is 1. The molecule has 0 aliphatic rings. The van der Waals surface area contributed by atoms with Gasteiger partial charge in [0, 0.05) is 6.20 Å². The zero-order chi connectivity index (χ0) is 13.0. The third-order valence-corrected chi connectivity index (χ3v) is 2.26. The Morgan fingerprint density at radius 3 is 2.83 bits per heavy atom. The standard InChI is InChI=1S/C11H9ClN4O2/c1-18-11-7(3-2-4-13-11)16-10(17)8-5-15-9(12)6-14-8/h2-6H,1H3,(H,16,17). The molecule has 0 unspecified atom stereocenters. The maximum absolute atomic E-state index is 11.9. The van der Waals surface area contributed by atoms with Gasteiger partial charge < -0.3 is 10.1 Å². The van der Waals surface area contributed by atoms with Gasteiger partial charge in [-0.1, -0.05) is 11.6 Å². The van der Waals surface area contributed by atoms with Gasteiger partial charge in [0.05, 0.1) is 19.5 Å². The summed E-state index contributed by atoms with van der Waals surface area (Å²) in [6.45, 7) is 0. The number of anilines is 1. The molecule has 6 nitrogen and oxygen atoms in total. The maximum atomic E-state index is 11.9. The van der Waals surface area contributed by atoms with Crippen LogP contribution in [0.1, 0.15) is 10.5 Å². The van der Waals surface area contributed by atoms with Gasteiger partial charge in [0.1, 0.15) is 16.5 Å². The molecule has 1 N–H and O–H groups in total. The van der Waals surface area contributed by atoms with E-state index in [2.05, 4.69) is 20.3 Å². The van der Waals surface area contributed by atoms with Crippen LogP contribution in [0.25, 0.3) is 0 Å². The van der Waals surface area contributed by atoms with Crippen LogP contribution in [0.5, 0.6) is 5.88 Å². The topological polar surface area (TPSA) is 77.0 Å². The summed E-state index contributed by atoms with van der Waals surface area (Å²) in [5, 5.41) is 2.85. The first-order valence-corrected chi connectivity index (χ1v) is 5.36. The first kappa shape index (κ1) is 12.3. The van der Waals surface area contributed by atoms with E-state index < -0.39 is 5.91 Å². The van der Waals surface area contributed by atoms with Crippen molar-refractivity contribution in [1.29, 1.82) is 0 Å². The van der Waals surface area contributed by atoms with Crippen molar-refractivity contribution in [2.24, 2.45) is 0 Å². The number of carbonyl (C=O) groups is 1. The van der Waals surface area contributed by atoms with Crippen molar-refractivity contribution in [2.45, 2.75) is 0 Å². The van der Waals surface area contributed by atoms with Gasteiger partial charge in [-0.15, -0.1) is 0 Å². The highest BCUT2D eigenvalue weighted by Crippen LogP contribution is 2.20. The molecular weight excluding hydrogens is 256 g/mol. The number of rotatable bonds is 3. The average Bonchev–Trinajstić information content (AvgIpc) is 2.40. The fourth-order valence-corrected chi connectivity index (χ4v) is 1.36. The molecule has 0 aromatic carbocycles. The van der Waals surface area contributed by atoms with Gasteiger partial charge >= 0.3 is 0 Å². The summed E-state index contributed by atoms with van der Waals surface area (Å²) < 4.78 is 5.02. The fraction of sp³-hybridized carbons (Fsp3) is 0.0909. The average molecular weight is 265 g/mol. The minimum absolute atomic E-state index is 0.158. The number of nitrogens with zero attached hydrogens (tertiary/aromatic N) is 3. The van der Waals surface area contributed by atoms with Crippen molar-refractivity contribution in [2.75, 3.05) is 12.4 Å². The molecule has 0 saturated heterocycles. The molecule has 0 aliphatic heterocycles. The van der Waals surface area contributed by atoms with Crippen LogP contribution in [-0.2, 0) is 0 Å². The van der Waals surface area contributed by atoms with E-state index in [1.165, 1.54) is 19.5 Å². The summed E-state index contributed by atoms with van der Waals surface area (Å²) in [6, 6.07) is 3.36. The Balaban J connectivity index is 2.18. The molecule has 18 heavy (non-hydrogen) atoms. The number of carbonyl (C=O) groups excluding carboxylic acids is 1. The molecule has 0 saturated carbocycles. The smallest absolute Gasteiger partial charge is 0.276 e. The zero-order valence-corrected chi connectivity index (χ0v) is 10.2. The van der Waals surface area contributed by atoms with E-state index in [0.29, 0.717) is 11.6 Å². The lowest BCUT2D eigenvalue weighted by Crippen LogP contribution is -2.14. The lowest BCUT2D eigenvalue weighted by molar-refractivity contribution is 0.102. The third kappa shape index (κ3) is 2.72. The minimum atomic E-state index is -0.412. The van der Waals surface area contributed by atoms with Gasteiger partial charge in [-0.05, 0) is 12.1 Å². The lowest BCUT2D eigenvalue weighted by Gasteiger charge is -2.07. The van der Waals surface area contributed by atoms with E-state index in [0.717, 1.165) is 0 Å². The molecule has 0 aliphatic carbocycles. The molecule has 0 radical (unpaired) electrons. The molecule has 0 atom stereocenters. The van der Waals surface area contributed by atoms with Crippen molar-refractivity contribution in [1.82, 2.24) is 15.0 Å². The number of hydrogen-bond acceptors (Lipinski definition) is 5. The van der Waals surface area contributed by atoms with Gasteiger partial charge in [0.25, 0.3) is 5.91 Å². The first-order chi connectivity index (χ1) is 8.70. The van der Waals surface area contributed by atoms with Crippen LogP contribution < -0.4 is 10.1 Å². The molecule has 7 heteroatoms. The Morgan fingerprint density at radius 2 is 2.17 bits per heavy atom. The number of methoxy groups -OCH3 is 1. The van der Waals surface area contributed by atoms with Crippen LogP contribution in [0, 0.1) is 0 Å². The van der Waals surface area contributed by atoms with Gasteiger partial charge in [0.15, 0.2) is 0 Å². The van der Waals surface area contributed by atoms with Crippen LogP contribution in [0.4, 0.5) is 5.69 Å². The SMILES string of the molecule is COc1ncccc1NC(=O)c1cnc(Cl)cn1. The van der Waals surface area contributed by atoms with Crippen molar-refractivity contribution in [3.63, 3.8) is 0 Å². The van der Waals surface area contributed by atoms with Crippen molar-refractivity contribution in [3.8, 4) is 5.88 Å². The zero-order valence-electron chi connectivity index (χ0n) is 9.42. The highest BCUT2D eigenvalue weighted by atomic mass is 35.5.